The molecule has 0 aromatic heterocycles. The summed E-state index contributed by atoms with van der Waals surface area (Å²) in [6.07, 6.45) is 4.21. The van der Waals surface area contributed by atoms with Crippen LogP contribution in [0.25, 0.3) is 0 Å². The topological polar surface area (TPSA) is 71.1 Å². The maximum atomic E-state index is 12.6. The fraction of sp³-hybridized carbons (Fsp3) is 0.571. The third-order valence-corrected chi connectivity index (χ3v) is 10.5. The van der Waals surface area contributed by atoms with Crippen LogP contribution in [-0.2, 0) is 9.53 Å². The molecule has 1 aromatic carbocycles. The zero-order chi connectivity index (χ0) is 20.5. The lowest BCUT2D eigenvalue weighted by Gasteiger charge is -2.35. The molecule has 1 saturated heterocycles. The normalized spacial score (nSPS) is 24.2. The van der Waals surface area contributed by atoms with Crippen molar-refractivity contribution in [3.8, 4) is 5.75 Å². The molecule has 2 N–H and O–H groups in total. The van der Waals surface area contributed by atoms with Crippen LogP contribution in [0.2, 0.25) is 18.1 Å². The summed E-state index contributed by atoms with van der Waals surface area (Å²) in [5.41, 5.74) is 0.741. The lowest BCUT2D eigenvalue weighted by molar-refractivity contribution is -0.117. The molecule has 1 aliphatic heterocycles. The summed E-state index contributed by atoms with van der Waals surface area (Å²) in [6.45, 7) is 8.78. The highest BCUT2D eigenvalue weighted by atomic mass is 127. The van der Waals surface area contributed by atoms with Crippen molar-refractivity contribution in [1.29, 1.82) is 0 Å². The van der Waals surface area contributed by atoms with Gasteiger partial charge in [0.05, 0.1) is 9.67 Å². The fourth-order valence-electron chi connectivity index (χ4n) is 3.30. The van der Waals surface area contributed by atoms with Crippen LogP contribution in [0.15, 0.2) is 35.9 Å². The average Bonchev–Trinajstić information content (AvgIpc) is 3.39. The molecule has 0 spiro atoms. The second kappa shape index (κ2) is 8.45. The van der Waals surface area contributed by atoms with E-state index < -0.39 is 8.32 Å². The monoisotopic (exact) mass is 515 g/mol. The Hall–Kier alpha value is -0.903. The van der Waals surface area contributed by atoms with Gasteiger partial charge in [0.1, 0.15) is 18.0 Å². The van der Waals surface area contributed by atoms with E-state index in [1.54, 1.807) is 0 Å². The Morgan fingerprint density at radius 3 is 2.79 bits per heavy atom. The predicted octanol–water partition coefficient (Wildman–Crippen LogP) is 4.01. The summed E-state index contributed by atoms with van der Waals surface area (Å²) in [5, 5.41) is 2.96. The van der Waals surface area contributed by atoms with Crippen molar-refractivity contribution in [2.24, 2.45) is 0 Å². The maximum absolute atomic E-state index is 12.6. The molecule has 1 aliphatic carbocycles. The number of hydrogen-bond donors (Lipinski definition) is 2. The molecule has 3 rings (SSSR count). The van der Waals surface area contributed by atoms with E-state index in [4.69, 9.17) is 9.47 Å². The highest BCUT2D eigenvalue weighted by Gasteiger charge is 2.49. The first-order valence-electron chi connectivity index (χ1n) is 9.86. The molecule has 1 amide bonds. The number of para-hydroxylation sites is 1. The Balaban J connectivity index is 1.54. The lowest BCUT2D eigenvalue weighted by Crippen LogP contribution is -2.39. The first kappa shape index (κ1) is 21.8. The standard InChI is InChI=1S/C21H30INO4Si/c1-21(2,28(3,4)25)10-7-11-23-20(24)14-12-17(19-18(13-14)27-19)26-16-9-6-5-8-15(16)22/h5-6,8-9,12,17-19,25H,7,10-11,13H2,1-4H3,(H,23,24)/t17-,18-,19+/m0/s1. The predicted molar refractivity (Wildman–Crippen MR) is 121 cm³/mol. The number of benzene rings is 1. The zero-order valence-corrected chi connectivity index (χ0v) is 20.2. The summed E-state index contributed by atoms with van der Waals surface area (Å²) < 4.78 is 12.9. The summed E-state index contributed by atoms with van der Waals surface area (Å²) >= 11 is 2.25. The van der Waals surface area contributed by atoms with Gasteiger partial charge >= 0.3 is 0 Å². The molecule has 1 heterocycles. The van der Waals surface area contributed by atoms with Gasteiger partial charge in [-0.1, -0.05) is 26.0 Å². The van der Waals surface area contributed by atoms with Gasteiger partial charge < -0.3 is 19.6 Å². The molecule has 2 aliphatic rings. The van der Waals surface area contributed by atoms with Crippen LogP contribution < -0.4 is 10.1 Å². The molecule has 0 unspecified atom stereocenters. The van der Waals surface area contributed by atoms with Gasteiger partial charge in [-0.2, -0.15) is 0 Å². The van der Waals surface area contributed by atoms with Crippen LogP contribution in [-0.4, -0.2) is 43.9 Å². The lowest BCUT2D eigenvalue weighted by atomic mass is 9.96. The highest BCUT2D eigenvalue weighted by Crippen LogP contribution is 2.40. The smallest absolute Gasteiger partial charge is 0.247 e. The van der Waals surface area contributed by atoms with Crippen molar-refractivity contribution in [2.45, 2.75) is 69.6 Å². The van der Waals surface area contributed by atoms with Gasteiger partial charge in [-0.15, -0.1) is 0 Å². The molecule has 0 saturated carbocycles. The van der Waals surface area contributed by atoms with Gasteiger partial charge in [0, 0.05) is 18.5 Å². The van der Waals surface area contributed by atoms with Gasteiger partial charge in [0.15, 0.2) is 8.32 Å². The van der Waals surface area contributed by atoms with Gasteiger partial charge in [-0.05, 0) is 71.8 Å². The van der Waals surface area contributed by atoms with E-state index in [1.165, 1.54) is 0 Å². The van der Waals surface area contributed by atoms with E-state index in [2.05, 4.69) is 41.8 Å². The van der Waals surface area contributed by atoms with Crippen molar-refractivity contribution >= 4 is 36.8 Å². The van der Waals surface area contributed by atoms with Gasteiger partial charge in [0.25, 0.3) is 0 Å². The van der Waals surface area contributed by atoms with Crippen LogP contribution in [0.3, 0.4) is 0 Å². The number of halogens is 1. The summed E-state index contributed by atoms with van der Waals surface area (Å²) in [6, 6.07) is 7.86. The van der Waals surface area contributed by atoms with Gasteiger partial charge in [-0.3, -0.25) is 4.79 Å². The second-order valence-electron chi connectivity index (χ2n) is 8.85. The molecule has 0 radical (unpaired) electrons. The Labute approximate surface area is 182 Å². The fourth-order valence-corrected chi connectivity index (χ4v) is 4.60. The number of rotatable bonds is 8. The van der Waals surface area contributed by atoms with Crippen molar-refractivity contribution in [3.63, 3.8) is 0 Å². The number of epoxide rings is 1. The van der Waals surface area contributed by atoms with Crippen LogP contribution in [0.1, 0.15) is 33.1 Å². The van der Waals surface area contributed by atoms with E-state index in [-0.39, 0.29) is 29.3 Å². The molecule has 5 nitrogen and oxygen atoms in total. The minimum absolute atomic E-state index is 0.0383. The van der Waals surface area contributed by atoms with Crippen molar-refractivity contribution in [1.82, 2.24) is 5.32 Å². The van der Waals surface area contributed by atoms with E-state index in [1.807, 2.05) is 43.4 Å². The molecule has 3 atom stereocenters. The first-order chi connectivity index (χ1) is 13.1. The number of fused-ring (bicyclic) bond motifs is 1. The van der Waals surface area contributed by atoms with E-state index in [0.717, 1.165) is 27.7 Å². The Morgan fingerprint density at radius 2 is 2.11 bits per heavy atom. The molecular weight excluding hydrogens is 485 g/mol. The number of hydrogen-bond acceptors (Lipinski definition) is 4. The SMILES string of the molecule is CC(C)(CCCNC(=O)C1=C[C@H](Oc2ccccc2I)[C@H]2O[C@H]2C1)[Si](C)(C)O. The van der Waals surface area contributed by atoms with Crippen LogP contribution in [0.4, 0.5) is 0 Å². The molecule has 7 heteroatoms. The van der Waals surface area contributed by atoms with Crippen LogP contribution >= 0.6 is 22.6 Å². The zero-order valence-electron chi connectivity index (χ0n) is 17.0. The van der Waals surface area contributed by atoms with Crippen molar-refractivity contribution in [3.05, 3.63) is 39.5 Å². The summed E-state index contributed by atoms with van der Waals surface area (Å²) in [4.78, 5) is 23.0. The highest BCUT2D eigenvalue weighted by molar-refractivity contribution is 14.1. The number of amides is 1. The van der Waals surface area contributed by atoms with Gasteiger partial charge in [-0.25, -0.2) is 0 Å². The van der Waals surface area contributed by atoms with Crippen LogP contribution in [0.5, 0.6) is 5.75 Å². The number of ether oxygens (including phenoxy) is 2. The summed E-state index contributed by atoms with van der Waals surface area (Å²) in [5.74, 6) is 0.780. The molecule has 154 valence electrons. The Kier molecular flexibility index (Phi) is 6.58. The molecule has 0 bridgehead atoms. The number of carbonyl (C=O) groups excluding carboxylic acids is 1. The number of nitrogens with one attached hydrogen (secondary N) is 1. The minimum Gasteiger partial charge on any atom is -0.482 e. The minimum atomic E-state index is -2.21. The van der Waals surface area contributed by atoms with E-state index in [0.29, 0.717) is 13.0 Å². The third kappa shape index (κ3) is 5.17. The van der Waals surface area contributed by atoms with Crippen LogP contribution in [0, 0.1) is 3.57 Å². The average molecular weight is 515 g/mol. The first-order valence-corrected chi connectivity index (χ1v) is 13.9. The molecular formula is C21H30INO4Si. The molecule has 1 fully saturated rings. The van der Waals surface area contributed by atoms with Gasteiger partial charge in [0.2, 0.25) is 5.91 Å². The molecule has 1 aromatic rings. The summed E-state index contributed by atoms with van der Waals surface area (Å²) in [7, 11) is -2.21. The molecule has 28 heavy (non-hydrogen) atoms. The van der Waals surface area contributed by atoms with E-state index in [9.17, 15) is 9.59 Å². The number of carbonyl (C=O) groups is 1. The quantitative estimate of drug-likeness (QED) is 0.238. The Morgan fingerprint density at radius 1 is 1.39 bits per heavy atom. The Bertz CT molecular complexity index is 759. The van der Waals surface area contributed by atoms with Crippen molar-refractivity contribution < 1.29 is 19.1 Å². The maximum Gasteiger partial charge on any atom is 0.247 e. The van der Waals surface area contributed by atoms with Crippen molar-refractivity contribution in [2.75, 3.05) is 6.54 Å². The third-order valence-electron chi connectivity index (χ3n) is 6.04. The second-order valence-corrected chi connectivity index (χ2v) is 14.5. The largest absolute Gasteiger partial charge is 0.482 e. The van der Waals surface area contributed by atoms with E-state index >= 15 is 0 Å².